The van der Waals surface area contributed by atoms with E-state index in [4.69, 9.17) is 10.8 Å². The van der Waals surface area contributed by atoms with Crippen LogP contribution in [0.2, 0.25) is 0 Å². The van der Waals surface area contributed by atoms with Gasteiger partial charge in [-0.3, -0.25) is 0 Å². The summed E-state index contributed by atoms with van der Waals surface area (Å²) in [6.45, 7) is 2.02. The van der Waals surface area contributed by atoms with Crippen LogP contribution in [-0.4, -0.2) is 23.0 Å². The summed E-state index contributed by atoms with van der Waals surface area (Å²) >= 11 is 4.12. The van der Waals surface area contributed by atoms with Gasteiger partial charge in [0, 0.05) is 11.3 Å². The summed E-state index contributed by atoms with van der Waals surface area (Å²) in [5.41, 5.74) is 5.40. The summed E-state index contributed by atoms with van der Waals surface area (Å²) in [6, 6.07) is -0.164. The molecule has 0 fully saturated rings. The molecule has 0 heterocycles. The zero-order valence-corrected chi connectivity index (χ0v) is 5.94. The van der Waals surface area contributed by atoms with E-state index in [1.54, 1.807) is 0 Å². The van der Waals surface area contributed by atoms with Crippen molar-refractivity contribution in [1.29, 1.82) is 0 Å². The van der Waals surface area contributed by atoms with Gasteiger partial charge in [0.15, 0.2) is 0 Å². The third kappa shape index (κ3) is 2.55. The second kappa shape index (κ2) is 4.18. The lowest BCUT2D eigenvalue weighted by Gasteiger charge is -2.13. The zero-order chi connectivity index (χ0) is 6.57. The first kappa shape index (κ1) is 8.27. The molecule has 3 N–H and O–H groups in total. The van der Waals surface area contributed by atoms with Crippen LogP contribution in [0.3, 0.4) is 0 Å². The molecule has 50 valence electrons. The number of hydrogen-bond acceptors (Lipinski definition) is 3. The molecule has 8 heavy (non-hydrogen) atoms. The van der Waals surface area contributed by atoms with Crippen molar-refractivity contribution in [3.63, 3.8) is 0 Å². The smallest absolute Gasteiger partial charge is 0.0593 e. The topological polar surface area (TPSA) is 46.2 Å². The Balaban J connectivity index is 3.29. The van der Waals surface area contributed by atoms with Crippen LogP contribution in [0.25, 0.3) is 0 Å². The minimum Gasteiger partial charge on any atom is -0.395 e. The second-order valence-electron chi connectivity index (χ2n) is 1.82. The Morgan fingerprint density at radius 1 is 1.75 bits per heavy atom. The maximum Gasteiger partial charge on any atom is 0.0593 e. The van der Waals surface area contributed by atoms with Crippen LogP contribution >= 0.6 is 12.6 Å². The van der Waals surface area contributed by atoms with Crippen LogP contribution in [0.5, 0.6) is 0 Å². The van der Waals surface area contributed by atoms with Crippen molar-refractivity contribution in [2.24, 2.45) is 5.73 Å². The lowest BCUT2D eigenvalue weighted by molar-refractivity contribution is 0.262. The van der Waals surface area contributed by atoms with Gasteiger partial charge in [0.2, 0.25) is 0 Å². The van der Waals surface area contributed by atoms with Gasteiger partial charge in [0.1, 0.15) is 0 Å². The van der Waals surface area contributed by atoms with Crippen LogP contribution in [0.4, 0.5) is 0 Å². The standard InChI is InChI=1S/C5H13NOS/c1-2-5(8)4(6)3-7/h4-5,7-8H,2-3,6H2,1H3. The molecular formula is C5H13NOS. The van der Waals surface area contributed by atoms with Crippen molar-refractivity contribution in [2.45, 2.75) is 24.6 Å². The normalized spacial score (nSPS) is 18.0. The predicted octanol–water partition coefficient (Wildman–Crippen LogP) is 0.0144. The van der Waals surface area contributed by atoms with Crippen molar-refractivity contribution >= 4 is 12.6 Å². The number of thiol groups is 1. The van der Waals surface area contributed by atoms with Gasteiger partial charge >= 0.3 is 0 Å². The lowest BCUT2D eigenvalue weighted by atomic mass is 10.2. The number of aliphatic hydroxyl groups is 1. The van der Waals surface area contributed by atoms with E-state index >= 15 is 0 Å². The Hall–Kier alpha value is 0.270. The quantitative estimate of drug-likeness (QED) is 0.478. The van der Waals surface area contributed by atoms with Gasteiger partial charge in [-0.1, -0.05) is 6.92 Å². The van der Waals surface area contributed by atoms with Crippen LogP contribution in [0, 0.1) is 0 Å². The number of rotatable bonds is 3. The summed E-state index contributed by atoms with van der Waals surface area (Å²) < 4.78 is 0. The first-order valence-electron chi connectivity index (χ1n) is 2.76. The second-order valence-corrected chi connectivity index (χ2v) is 2.49. The summed E-state index contributed by atoms with van der Waals surface area (Å²) in [5.74, 6) is 0. The number of aliphatic hydroxyl groups excluding tert-OH is 1. The fraction of sp³-hybridized carbons (Fsp3) is 1.00. The average Bonchev–Trinajstić information content (AvgIpc) is 1.84. The maximum atomic E-state index is 8.46. The molecule has 3 heteroatoms. The molecule has 0 aliphatic rings. The highest BCUT2D eigenvalue weighted by Crippen LogP contribution is 2.02. The molecule has 2 unspecified atom stereocenters. The van der Waals surface area contributed by atoms with Gasteiger partial charge in [-0.05, 0) is 6.42 Å². The van der Waals surface area contributed by atoms with E-state index < -0.39 is 0 Å². The predicted molar refractivity (Wildman–Crippen MR) is 38.1 cm³/mol. The molecule has 0 saturated heterocycles. The molecule has 0 aromatic carbocycles. The molecule has 0 bridgehead atoms. The number of nitrogens with two attached hydrogens (primary N) is 1. The minimum absolute atomic E-state index is 0.0298. The highest BCUT2D eigenvalue weighted by atomic mass is 32.1. The Morgan fingerprint density at radius 2 is 2.25 bits per heavy atom. The zero-order valence-electron chi connectivity index (χ0n) is 5.04. The molecule has 0 amide bonds. The molecule has 0 saturated carbocycles. The van der Waals surface area contributed by atoms with E-state index in [0.717, 1.165) is 6.42 Å². The van der Waals surface area contributed by atoms with Gasteiger partial charge < -0.3 is 10.8 Å². The summed E-state index contributed by atoms with van der Waals surface area (Å²) in [7, 11) is 0. The van der Waals surface area contributed by atoms with Crippen molar-refractivity contribution < 1.29 is 5.11 Å². The summed E-state index contributed by atoms with van der Waals surface area (Å²) in [6.07, 6.45) is 0.908. The number of hydrogen-bond donors (Lipinski definition) is 3. The molecule has 0 aromatic rings. The molecule has 2 nitrogen and oxygen atoms in total. The van der Waals surface area contributed by atoms with Crippen molar-refractivity contribution in [1.82, 2.24) is 0 Å². The van der Waals surface area contributed by atoms with E-state index in [9.17, 15) is 0 Å². The third-order valence-corrected chi connectivity index (χ3v) is 1.87. The van der Waals surface area contributed by atoms with Crippen LogP contribution in [-0.2, 0) is 0 Å². The summed E-state index contributed by atoms with van der Waals surface area (Å²) in [4.78, 5) is 0. The molecule has 0 aliphatic carbocycles. The molecule has 0 aromatic heterocycles. The largest absolute Gasteiger partial charge is 0.395 e. The molecule has 2 atom stereocenters. The monoisotopic (exact) mass is 135 g/mol. The Kier molecular flexibility index (Phi) is 4.32. The van der Waals surface area contributed by atoms with Crippen molar-refractivity contribution in [3.8, 4) is 0 Å². The van der Waals surface area contributed by atoms with Gasteiger partial charge in [-0.25, -0.2) is 0 Å². The van der Waals surface area contributed by atoms with E-state index in [-0.39, 0.29) is 17.9 Å². The molecule has 0 spiro atoms. The van der Waals surface area contributed by atoms with Gasteiger partial charge in [-0.15, -0.1) is 0 Å². The lowest BCUT2D eigenvalue weighted by Crippen LogP contribution is -2.33. The van der Waals surface area contributed by atoms with Gasteiger partial charge in [0.25, 0.3) is 0 Å². The molecular weight excluding hydrogens is 122 g/mol. The third-order valence-electron chi connectivity index (χ3n) is 1.12. The highest BCUT2D eigenvalue weighted by molar-refractivity contribution is 7.81. The first-order chi connectivity index (χ1) is 3.72. The highest BCUT2D eigenvalue weighted by Gasteiger charge is 2.08. The first-order valence-corrected chi connectivity index (χ1v) is 3.28. The minimum atomic E-state index is -0.164. The van der Waals surface area contributed by atoms with Gasteiger partial charge in [-0.2, -0.15) is 12.6 Å². The Morgan fingerprint density at radius 3 is 2.38 bits per heavy atom. The maximum absolute atomic E-state index is 8.46. The van der Waals surface area contributed by atoms with Crippen molar-refractivity contribution in [2.75, 3.05) is 6.61 Å². The molecule has 0 aliphatic heterocycles. The van der Waals surface area contributed by atoms with E-state index in [1.165, 1.54) is 0 Å². The SMILES string of the molecule is CCC(S)C(N)CO. The fourth-order valence-electron chi connectivity index (χ4n) is 0.424. The van der Waals surface area contributed by atoms with Crippen LogP contribution in [0.1, 0.15) is 13.3 Å². The Bertz CT molecular complexity index is 52.4. The van der Waals surface area contributed by atoms with Crippen molar-refractivity contribution in [3.05, 3.63) is 0 Å². The van der Waals surface area contributed by atoms with E-state index in [1.807, 2.05) is 6.92 Å². The van der Waals surface area contributed by atoms with Crippen LogP contribution in [0.15, 0.2) is 0 Å². The Labute approximate surface area is 55.5 Å². The fourth-order valence-corrected chi connectivity index (χ4v) is 0.519. The average molecular weight is 135 g/mol. The van der Waals surface area contributed by atoms with Crippen LogP contribution < -0.4 is 5.73 Å². The van der Waals surface area contributed by atoms with E-state index in [2.05, 4.69) is 12.6 Å². The summed E-state index contributed by atoms with van der Waals surface area (Å²) in [5, 5.41) is 8.60. The van der Waals surface area contributed by atoms with Gasteiger partial charge in [0.05, 0.1) is 6.61 Å². The molecule has 0 radical (unpaired) electrons. The van der Waals surface area contributed by atoms with E-state index in [0.29, 0.717) is 0 Å². The molecule has 0 rings (SSSR count).